The van der Waals surface area contributed by atoms with Crippen LogP contribution in [-0.4, -0.2) is 11.1 Å². The van der Waals surface area contributed by atoms with Gasteiger partial charge in [0.2, 0.25) is 5.83 Å². The Hall–Kier alpha value is -1.16. The Balaban J connectivity index is 3.11. The second kappa shape index (κ2) is 4.18. The maximum atomic E-state index is 13.0. The quantitative estimate of drug-likeness (QED) is 0.762. The minimum Gasteiger partial charge on any atom is -0.476 e. The van der Waals surface area contributed by atoms with Crippen molar-refractivity contribution in [3.63, 3.8) is 0 Å². The fraction of sp³-hybridized carbons (Fsp3) is 0.222. The van der Waals surface area contributed by atoms with Gasteiger partial charge in [0.15, 0.2) is 0 Å². The van der Waals surface area contributed by atoms with Crippen molar-refractivity contribution in [2.45, 2.75) is 13.3 Å². The first-order chi connectivity index (χ1) is 6.16. The van der Waals surface area contributed by atoms with Gasteiger partial charge in [0, 0.05) is 10.5 Å². The number of hydrogen-bond donors (Lipinski definition) is 1. The first-order valence-corrected chi connectivity index (χ1v) is 4.70. The van der Waals surface area contributed by atoms with Gasteiger partial charge in [-0.3, -0.25) is 0 Å². The lowest BCUT2D eigenvalue weighted by Crippen LogP contribution is -1.98. The molecule has 0 saturated heterocycles. The van der Waals surface area contributed by atoms with Crippen LogP contribution in [0.2, 0.25) is 0 Å². The lowest BCUT2D eigenvalue weighted by molar-refractivity contribution is -0.134. The van der Waals surface area contributed by atoms with Gasteiger partial charge in [-0.2, -0.15) is 4.39 Å². The lowest BCUT2D eigenvalue weighted by atomic mass is 10.1. The minimum atomic E-state index is -1.50. The monoisotopic (exact) mass is 200 g/mol. The highest BCUT2D eigenvalue weighted by Gasteiger charge is 2.14. The van der Waals surface area contributed by atoms with E-state index in [-0.39, 0.29) is 5.57 Å². The molecule has 0 aliphatic heterocycles. The van der Waals surface area contributed by atoms with Gasteiger partial charge >= 0.3 is 5.97 Å². The SMILES string of the molecule is CC/C(=C(/F)C(=O)O)c1cccs1. The second-order valence-corrected chi connectivity index (χ2v) is 3.38. The normalized spacial score (nSPS) is 12.5. The van der Waals surface area contributed by atoms with Crippen LogP contribution >= 0.6 is 11.3 Å². The average molecular weight is 200 g/mol. The molecule has 1 rings (SSSR count). The molecule has 13 heavy (non-hydrogen) atoms. The van der Waals surface area contributed by atoms with Gasteiger partial charge in [-0.25, -0.2) is 4.79 Å². The molecule has 1 N–H and O–H groups in total. The van der Waals surface area contributed by atoms with Gasteiger partial charge < -0.3 is 5.11 Å². The molecule has 0 aromatic carbocycles. The molecule has 0 fully saturated rings. The van der Waals surface area contributed by atoms with Gasteiger partial charge in [0.05, 0.1) is 0 Å². The molecule has 2 nitrogen and oxygen atoms in total. The molecule has 1 heterocycles. The summed E-state index contributed by atoms with van der Waals surface area (Å²) in [6, 6.07) is 3.48. The molecule has 0 radical (unpaired) electrons. The molecule has 0 amide bonds. The summed E-state index contributed by atoms with van der Waals surface area (Å²) in [5.74, 6) is -2.55. The molecule has 4 heteroatoms. The molecular formula is C9H9FO2S. The number of halogens is 1. The Kier molecular flexibility index (Phi) is 3.19. The highest BCUT2D eigenvalue weighted by molar-refractivity contribution is 7.11. The van der Waals surface area contributed by atoms with Gasteiger partial charge in [-0.15, -0.1) is 11.3 Å². The summed E-state index contributed by atoms with van der Waals surface area (Å²) in [6.45, 7) is 1.73. The van der Waals surface area contributed by atoms with E-state index in [1.807, 2.05) is 0 Å². The molecular weight excluding hydrogens is 191 g/mol. The van der Waals surface area contributed by atoms with E-state index in [9.17, 15) is 9.18 Å². The van der Waals surface area contributed by atoms with Gasteiger partial charge in [-0.05, 0) is 17.9 Å². The third-order valence-electron chi connectivity index (χ3n) is 1.62. The Morgan fingerprint density at radius 2 is 2.38 bits per heavy atom. The Morgan fingerprint density at radius 1 is 1.69 bits per heavy atom. The van der Waals surface area contributed by atoms with Gasteiger partial charge in [-0.1, -0.05) is 13.0 Å². The molecule has 70 valence electrons. The van der Waals surface area contributed by atoms with Crippen molar-refractivity contribution >= 4 is 22.9 Å². The van der Waals surface area contributed by atoms with Crippen molar-refractivity contribution in [3.05, 3.63) is 28.2 Å². The van der Waals surface area contributed by atoms with Crippen LogP contribution in [-0.2, 0) is 4.79 Å². The number of aliphatic carboxylic acids is 1. The number of thiophene rings is 1. The Morgan fingerprint density at radius 3 is 2.77 bits per heavy atom. The summed E-state index contributed by atoms with van der Waals surface area (Å²) >= 11 is 1.34. The van der Waals surface area contributed by atoms with E-state index in [1.54, 1.807) is 24.4 Å². The maximum absolute atomic E-state index is 13.0. The average Bonchev–Trinajstić information content (AvgIpc) is 2.58. The van der Waals surface area contributed by atoms with E-state index in [2.05, 4.69) is 0 Å². The molecule has 0 saturated carbocycles. The third-order valence-corrected chi connectivity index (χ3v) is 2.55. The predicted octanol–water partition coefficient (Wildman–Crippen LogP) is 2.92. The van der Waals surface area contributed by atoms with Crippen LogP contribution in [0, 0.1) is 0 Å². The van der Waals surface area contributed by atoms with Crippen molar-refractivity contribution in [1.82, 2.24) is 0 Å². The number of carboxylic acids is 1. The van der Waals surface area contributed by atoms with E-state index < -0.39 is 11.8 Å². The summed E-state index contributed by atoms with van der Waals surface area (Å²) in [6.07, 6.45) is 0.388. The highest BCUT2D eigenvalue weighted by Crippen LogP contribution is 2.26. The fourth-order valence-electron chi connectivity index (χ4n) is 1.02. The third kappa shape index (κ3) is 2.15. The fourth-order valence-corrected chi connectivity index (χ4v) is 1.85. The van der Waals surface area contributed by atoms with Crippen LogP contribution in [0.5, 0.6) is 0 Å². The molecule has 0 spiro atoms. The molecule has 0 atom stereocenters. The van der Waals surface area contributed by atoms with Crippen LogP contribution in [0.4, 0.5) is 4.39 Å². The van der Waals surface area contributed by atoms with Crippen molar-refractivity contribution in [1.29, 1.82) is 0 Å². The second-order valence-electron chi connectivity index (χ2n) is 2.43. The van der Waals surface area contributed by atoms with E-state index in [1.165, 1.54) is 11.3 Å². The van der Waals surface area contributed by atoms with Crippen LogP contribution in [0.3, 0.4) is 0 Å². The smallest absolute Gasteiger partial charge is 0.365 e. The van der Waals surface area contributed by atoms with Crippen LogP contribution in [0.1, 0.15) is 18.2 Å². The zero-order valence-corrected chi connectivity index (χ0v) is 7.90. The van der Waals surface area contributed by atoms with Crippen molar-refractivity contribution in [2.75, 3.05) is 0 Å². The molecule has 1 aromatic rings. The molecule has 0 bridgehead atoms. The molecule has 0 aliphatic rings. The standard InChI is InChI=1S/C9H9FO2S/c1-2-6(8(10)9(11)12)7-4-3-5-13-7/h3-5H,2H2,1H3,(H,11,12)/b8-6-. The van der Waals surface area contributed by atoms with Crippen molar-refractivity contribution in [3.8, 4) is 0 Å². The molecule has 1 aromatic heterocycles. The van der Waals surface area contributed by atoms with E-state index >= 15 is 0 Å². The zero-order chi connectivity index (χ0) is 9.84. The number of allylic oxidation sites excluding steroid dienone is 1. The summed E-state index contributed by atoms with van der Waals surface area (Å²) in [5.41, 5.74) is 0.266. The first-order valence-electron chi connectivity index (χ1n) is 3.82. The first kappa shape index (κ1) is 9.92. The zero-order valence-electron chi connectivity index (χ0n) is 7.08. The molecule has 0 aliphatic carbocycles. The number of carboxylic acid groups (broad SMARTS) is 1. The van der Waals surface area contributed by atoms with Crippen LogP contribution < -0.4 is 0 Å². The van der Waals surface area contributed by atoms with E-state index in [0.717, 1.165) is 0 Å². The van der Waals surface area contributed by atoms with E-state index in [0.29, 0.717) is 11.3 Å². The van der Waals surface area contributed by atoms with Crippen molar-refractivity contribution in [2.24, 2.45) is 0 Å². The van der Waals surface area contributed by atoms with Gasteiger partial charge in [0.1, 0.15) is 0 Å². The molecule has 0 unspecified atom stereocenters. The topological polar surface area (TPSA) is 37.3 Å². The highest BCUT2D eigenvalue weighted by atomic mass is 32.1. The predicted molar refractivity (Wildman–Crippen MR) is 50.3 cm³/mol. The number of hydrogen-bond acceptors (Lipinski definition) is 2. The largest absolute Gasteiger partial charge is 0.476 e. The summed E-state index contributed by atoms with van der Waals surface area (Å²) in [5, 5.41) is 10.2. The van der Waals surface area contributed by atoms with Crippen LogP contribution in [0.25, 0.3) is 5.57 Å². The summed E-state index contributed by atoms with van der Waals surface area (Å²) in [4.78, 5) is 11.0. The van der Waals surface area contributed by atoms with Crippen molar-refractivity contribution < 1.29 is 14.3 Å². The summed E-state index contributed by atoms with van der Waals surface area (Å²) < 4.78 is 13.0. The number of rotatable bonds is 3. The Bertz CT molecular complexity index is 327. The minimum absolute atomic E-state index is 0.266. The summed E-state index contributed by atoms with van der Waals surface area (Å²) in [7, 11) is 0. The van der Waals surface area contributed by atoms with Gasteiger partial charge in [0.25, 0.3) is 0 Å². The number of carbonyl (C=O) groups is 1. The van der Waals surface area contributed by atoms with Crippen LogP contribution in [0.15, 0.2) is 23.3 Å². The Labute approximate surface area is 79.3 Å². The van der Waals surface area contributed by atoms with E-state index in [4.69, 9.17) is 5.11 Å². The maximum Gasteiger partial charge on any atom is 0.365 e. The lowest BCUT2D eigenvalue weighted by Gasteiger charge is -2.00.